The van der Waals surface area contributed by atoms with Crippen molar-refractivity contribution in [2.45, 2.75) is 52.4 Å². The van der Waals surface area contributed by atoms with E-state index < -0.39 is 6.15 Å². The topological polar surface area (TPSA) is 6.25 Å². The van der Waals surface area contributed by atoms with Crippen molar-refractivity contribution in [3.8, 4) is 0 Å². The second-order valence-corrected chi connectivity index (χ2v) is 16.2. The van der Waals surface area contributed by atoms with Gasteiger partial charge < -0.3 is 4.90 Å². The van der Waals surface area contributed by atoms with E-state index in [1.54, 1.807) is 0 Å². The molecule has 3 heteroatoms. The van der Waals surface area contributed by atoms with Crippen molar-refractivity contribution in [2.75, 3.05) is 19.0 Å². The summed E-state index contributed by atoms with van der Waals surface area (Å²) in [6.45, 7) is 13.6. The molecule has 0 aliphatic carbocycles. The van der Waals surface area contributed by atoms with Crippen LogP contribution in [-0.4, -0.2) is 30.5 Å². The van der Waals surface area contributed by atoms with Crippen molar-refractivity contribution in [2.24, 2.45) is 0 Å². The zero-order valence-corrected chi connectivity index (χ0v) is 33.2. The molecule has 2 heterocycles. The Morgan fingerprint density at radius 2 is 0.963 bits per heavy atom. The Morgan fingerprint density at radius 3 is 1.43 bits per heavy atom. The molecule has 6 aromatic carbocycles. The first-order valence-corrected chi connectivity index (χ1v) is 19.3. The molecule has 0 saturated carbocycles. The minimum Gasteiger partial charge on any atom is -0.347 e. The fourth-order valence-electron chi connectivity index (χ4n) is 9.25. The van der Waals surface area contributed by atoms with Crippen LogP contribution >= 0.6 is 0 Å². The van der Waals surface area contributed by atoms with Crippen LogP contribution in [0.25, 0.3) is 0 Å². The molecule has 0 bridgehead atoms. The average Bonchev–Trinajstić information content (AvgIpc) is 3.49. The average molecular weight is 705 g/mol. The van der Waals surface area contributed by atoms with Gasteiger partial charge in [-0.2, -0.15) is 26.4 Å². The third-order valence-corrected chi connectivity index (χ3v) is 12.1. The molecule has 2 aliphatic rings. The lowest BCUT2D eigenvalue weighted by molar-refractivity contribution is -0.401. The molecule has 0 fully saturated rings. The molecule has 0 aromatic heterocycles. The Kier molecular flexibility index (Phi) is 9.94. The number of aryl methyl sites for hydroxylation is 2. The molecular formula is C51H53BN2. The number of hydrogen-bond donors (Lipinski definition) is 0. The quantitative estimate of drug-likeness (QED) is 0.124. The second kappa shape index (κ2) is 14.6. The molecule has 2 aliphatic heterocycles. The highest BCUT2D eigenvalue weighted by molar-refractivity contribution is 7.19. The first kappa shape index (κ1) is 36.7. The molecule has 0 saturated heterocycles. The summed E-state index contributed by atoms with van der Waals surface area (Å²) >= 11 is 0. The highest BCUT2D eigenvalue weighted by Gasteiger charge is 2.43. The minimum atomic E-state index is -1.22. The molecule has 0 atom stereocenters. The van der Waals surface area contributed by atoms with Gasteiger partial charge in [-0.3, -0.25) is 0 Å². The largest absolute Gasteiger partial charge is 0.347 e. The van der Waals surface area contributed by atoms with Gasteiger partial charge in [0.05, 0.1) is 5.41 Å². The maximum Gasteiger partial charge on any atom is 0.209 e. The zero-order chi connectivity index (χ0) is 38.1. The molecule has 6 aromatic rings. The summed E-state index contributed by atoms with van der Waals surface area (Å²) in [5, 5.41) is 0. The van der Waals surface area contributed by atoms with E-state index in [9.17, 15) is 0 Å². The molecule has 54 heavy (non-hydrogen) atoms. The molecule has 0 amide bonds. The van der Waals surface area contributed by atoms with Crippen LogP contribution in [0.1, 0.15) is 49.9 Å². The van der Waals surface area contributed by atoms with Crippen molar-refractivity contribution in [3.63, 3.8) is 0 Å². The Balaban J connectivity index is 0.000000168. The fourth-order valence-corrected chi connectivity index (χ4v) is 9.25. The predicted octanol–water partition coefficient (Wildman–Crippen LogP) is 9.24. The summed E-state index contributed by atoms with van der Waals surface area (Å²) in [7, 11) is 4.36. The lowest BCUT2D eigenvalue weighted by atomic mass is 9.13. The molecule has 0 spiro atoms. The number of fused-ring (bicyclic) bond motifs is 2. The van der Waals surface area contributed by atoms with E-state index in [1.807, 2.05) is 0 Å². The molecule has 8 rings (SSSR count). The van der Waals surface area contributed by atoms with E-state index in [1.165, 1.54) is 66.9 Å². The summed E-state index contributed by atoms with van der Waals surface area (Å²) in [6.07, 6.45) is 5.60. The van der Waals surface area contributed by atoms with Gasteiger partial charge in [0.25, 0.3) is 0 Å². The van der Waals surface area contributed by atoms with E-state index in [0.717, 1.165) is 0 Å². The van der Waals surface area contributed by atoms with Gasteiger partial charge in [0, 0.05) is 41.6 Å². The summed E-state index contributed by atoms with van der Waals surface area (Å²) in [5.41, 5.74) is 16.1. The lowest BCUT2D eigenvalue weighted by Gasteiger charge is -2.44. The Morgan fingerprint density at radius 1 is 0.537 bits per heavy atom. The first-order valence-electron chi connectivity index (χ1n) is 19.3. The molecular weight excluding hydrogens is 651 g/mol. The number of anilines is 1. The summed E-state index contributed by atoms with van der Waals surface area (Å²) in [6, 6.07) is 57.1. The zero-order valence-electron chi connectivity index (χ0n) is 33.2. The minimum absolute atomic E-state index is 0.00226. The van der Waals surface area contributed by atoms with Gasteiger partial charge in [-0.1, -0.05) is 171 Å². The van der Waals surface area contributed by atoms with Crippen LogP contribution in [0.15, 0.2) is 182 Å². The molecule has 270 valence electrons. The van der Waals surface area contributed by atoms with E-state index in [2.05, 4.69) is 241 Å². The fraction of sp³-hybridized carbons (Fsp3) is 0.196. The van der Waals surface area contributed by atoms with Crippen molar-refractivity contribution in [1.82, 2.24) is 0 Å². The van der Waals surface area contributed by atoms with Crippen LogP contribution in [0.5, 0.6) is 0 Å². The second-order valence-electron chi connectivity index (χ2n) is 16.2. The van der Waals surface area contributed by atoms with Crippen molar-refractivity contribution >= 4 is 45.1 Å². The summed E-state index contributed by atoms with van der Waals surface area (Å²) < 4.78 is 2.34. The van der Waals surface area contributed by atoms with Crippen molar-refractivity contribution in [1.29, 1.82) is 0 Å². The van der Waals surface area contributed by atoms with Gasteiger partial charge in [0.1, 0.15) is 13.2 Å². The number of hydrogen-bond acceptors (Lipinski definition) is 1. The number of allylic oxidation sites excluding steroid dienone is 4. The Labute approximate surface area is 323 Å². The van der Waals surface area contributed by atoms with E-state index in [0.29, 0.717) is 0 Å². The smallest absolute Gasteiger partial charge is 0.209 e. The third kappa shape index (κ3) is 6.36. The molecule has 0 unspecified atom stereocenters. The van der Waals surface area contributed by atoms with Crippen molar-refractivity contribution in [3.05, 3.63) is 204 Å². The monoisotopic (exact) mass is 704 g/mol. The van der Waals surface area contributed by atoms with Crippen LogP contribution < -0.4 is 26.8 Å². The molecule has 0 radical (unpaired) electrons. The number of likely N-dealkylation sites (N-methyl/N-ethyl adjacent to an activating group) is 1. The molecule has 2 nitrogen and oxygen atoms in total. The van der Waals surface area contributed by atoms with Gasteiger partial charge in [0.15, 0.2) is 5.71 Å². The van der Waals surface area contributed by atoms with Gasteiger partial charge in [-0.05, 0) is 51.5 Å². The summed E-state index contributed by atoms with van der Waals surface area (Å²) in [5.74, 6) is 0. The Bertz CT molecular complexity index is 2190. The maximum absolute atomic E-state index is 2.34. The van der Waals surface area contributed by atoms with E-state index in [-0.39, 0.29) is 10.8 Å². The lowest BCUT2D eigenvalue weighted by Crippen LogP contribution is -2.74. The predicted molar refractivity (Wildman–Crippen MR) is 235 cm³/mol. The number of nitrogens with zero attached hydrogens (tertiary/aromatic N) is 2. The maximum atomic E-state index is 2.34. The number of rotatable bonds is 6. The highest BCUT2D eigenvalue weighted by Crippen LogP contribution is 2.47. The van der Waals surface area contributed by atoms with E-state index in [4.69, 9.17) is 0 Å². The van der Waals surface area contributed by atoms with Gasteiger partial charge >= 0.3 is 0 Å². The van der Waals surface area contributed by atoms with Gasteiger partial charge in [0.2, 0.25) is 5.69 Å². The highest BCUT2D eigenvalue weighted by atomic mass is 15.2. The van der Waals surface area contributed by atoms with Crippen LogP contribution in [0.3, 0.4) is 0 Å². The van der Waals surface area contributed by atoms with E-state index >= 15 is 0 Å². The van der Waals surface area contributed by atoms with Crippen LogP contribution in [0.4, 0.5) is 11.4 Å². The van der Waals surface area contributed by atoms with Gasteiger partial charge in [-0.25, -0.2) is 0 Å². The SMILES string of the molecule is Cc1ccc2c(c1)C(C)(C)C(/C=C/C=C1/N(C)c3ccc(C)cc3C1(C)C)=[N+]2C.c1ccc([B-](c2ccccc2)(c2ccccc2)c2ccccc2)cc1. The normalized spacial score (nSPS) is 16.3. The Hall–Kier alpha value is -5.67. The third-order valence-electron chi connectivity index (χ3n) is 12.1. The van der Waals surface area contributed by atoms with Crippen molar-refractivity contribution < 1.29 is 4.58 Å². The van der Waals surface area contributed by atoms with Crippen LogP contribution in [-0.2, 0) is 10.8 Å². The summed E-state index contributed by atoms with van der Waals surface area (Å²) in [4.78, 5) is 2.34. The standard InChI is InChI=1S/C27H33N2.C24H20B/c1-18-12-14-22-20(16-18)26(3,4)24(28(22)7)10-9-11-25-27(5,6)21-17-19(2)13-15-23(21)29(25)8;1-5-13-21(14-6-1)25(22-15-7-2-8-16-22,23-17-9-3-10-18-23)24-19-11-4-12-20-24/h9-17H,1-8H3;1-20H/q+1;-1. The van der Waals surface area contributed by atoms with Crippen LogP contribution in [0.2, 0.25) is 0 Å². The van der Waals surface area contributed by atoms with Crippen LogP contribution in [0, 0.1) is 13.8 Å². The van der Waals surface area contributed by atoms with Gasteiger partial charge in [-0.15, -0.1) is 0 Å². The molecule has 0 N–H and O–H groups in total. The first-order chi connectivity index (χ1) is 26.0. The number of benzene rings is 6.